The van der Waals surface area contributed by atoms with Gasteiger partial charge in [-0.25, -0.2) is 21.8 Å². The highest BCUT2D eigenvalue weighted by atomic mass is 35.5. The predicted molar refractivity (Wildman–Crippen MR) is 145 cm³/mol. The summed E-state index contributed by atoms with van der Waals surface area (Å²) in [7, 11) is -8.07. The first-order chi connectivity index (χ1) is 17.6. The Bertz CT molecular complexity index is 1610. The summed E-state index contributed by atoms with van der Waals surface area (Å²) in [6, 6.07) is 17.3. The lowest BCUT2D eigenvalue weighted by atomic mass is 10.3. The van der Waals surface area contributed by atoms with Crippen LogP contribution in [-0.4, -0.2) is 34.3 Å². The molecule has 0 saturated heterocycles. The van der Waals surface area contributed by atoms with Crippen LogP contribution >= 0.6 is 34.5 Å². The molecule has 0 unspecified atom stereocenters. The Labute approximate surface area is 227 Å². The van der Waals surface area contributed by atoms with Crippen LogP contribution in [0, 0.1) is 0 Å². The summed E-state index contributed by atoms with van der Waals surface area (Å²) in [5.74, 6) is -0.688. The molecule has 0 aliphatic heterocycles. The van der Waals surface area contributed by atoms with E-state index >= 15 is 0 Å². The molecule has 0 spiro atoms. The molecule has 4 aromatic rings. The van der Waals surface area contributed by atoms with E-state index in [1.165, 1.54) is 60.8 Å². The standard InChI is InChI=1S/C23H18Cl2N4O5S3/c24-16-6-11-20(25)21(14-16)29(37(33,34)19-4-2-1-3-5-19)15-22(30)27-17-7-9-18(10-8-17)36(31,32)28-23-26-12-13-35-23/h1-14H,15H2,(H,26,28)(H,27,30). The summed E-state index contributed by atoms with van der Waals surface area (Å²) in [6.07, 6.45) is 1.47. The number of hydrogen-bond donors (Lipinski definition) is 2. The molecule has 0 atom stereocenters. The number of halogens is 2. The van der Waals surface area contributed by atoms with Crippen molar-refractivity contribution in [2.75, 3.05) is 20.9 Å². The average molecular weight is 598 g/mol. The van der Waals surface area contributed by atoms with Crippen LogP contribution in [0.15, 0.2) is 94.2 Å². The van der Waals surface area contributed by atoms with E-state index in [4.69, 9.17) is 23.2 Å². The molecule has 1 heterocycles. The summed E-state index contributed by atoms with van der Waals surface area (Å²) < 4.78 is 55.1. The van der Waals surface area contributed by atoms with Gasteiger partial charge in [-0.1, -0.05) is 41.4 Å². The fraction of sp³-hybridized carbons (Fsp3) is 0.0435. The van der Waals surface area contributed by atoms with Crippen molar-refractivity contribution in [3.8, 4) is 0 Å². The molecule has 1 aromatic heterocycles. The zero-order valence-electron chi connectivity index (χ0n) is 18.7. The number of anilines is 3. The topological polar surface area (TPSA) is 126 Å². The van der Waals surface area contributed by atoms with E-state index in [0.717, 1.165) is 15.6 Å². The normalized spacial score (nSPS) is 11.6. The molecule has 3 aromatic carbocycles. The quantitative estimate of drug-likeness (QED) is 0.277. The summed E-state index contributed by atoms with van der Waals surface area (Å²) >= 11 is 13.5. The van der Waals surface area contributed by atoms with Crippen LogP contribution < -0.4 is 14.3 Å². The van der Waals surface area contributed by atoms with Gasteiger partial charge in [0.1, 0.15) is 6.54 Å². The monoisotopic (exact) mass is 596 g/mol. The zero-order chi connectivity index (χ0) is 26.6. The van der Waals surface area contributed by atoms with Gasteiger partial charge in [0.25, 0.3) is 20.0 Å². The number of thiazole rings is 1. The van der Waals surface area contributed by atoms with Crippen LogP contribution in [0.5, 0.6) is 0 Å². The predicted octanol–water partition coefficient (Wildman–Crippen LogP) is 5.08. The molecule has 192 valence electrons. The van der Waals surface area contributed by atoms with Gasteiger partial charge in [0.05, 0.1) is 20.5 Å². The van der Waals surface area contributed by atoms with Gasteiger partial charge in [0.15, 0.2) is 5.13 Å². The third-order valence-electron chi connectivity index (χ3n) is 4.90. The van der Waals surface area contributed by atoms with Crippen molar-refractivity contribution in [2.24, 2.45) is 0 Å². The van der Waals surface area contributed by atoms with E-state index in [-0.39, 0.29) is 36.3 Å². The summed E-state index contributed by atoms with van der Waals surface area (Å²) in [5, 5.41) is 4.74. The van der Waals surface area contributed by atoms with Crippen molar-refractivity contribution in [2.45, 2.75) is 9.79 Å². The molecular formula is C23H18Cl2N4O5S3. The second kappa shape index (κ2) is 11.1. The van der Waals surface area contributed by atoms with Crippen LogP contribution in [0.3, 0.4) is 0 Å². The third kappa shape index (κ3) is 6.40. The Morgan fingerprint density at radius 3 is 2.27 bits per heavy atom. The molecule has 0 saturated carbocycles. The van der Waals surface area contributed by atoms with E-state index in [1.807, 2.05) is 0 Å². The fourth-order valence-electron chi connectivity index (χ4n) is 3.19. The maximum Gasteiger partial charge on any atom is 0.264 e. The van der Waals surface area contributed by atoms with Gasteiger partial charge >= 0.3 is 0 Å². The number of rotatable bonds is 9. The summed E-state index contributed by atoms with van der Waals surface area (Å²) in [5.41, 5.74) is 0.287. The maximum atomic E-state index is 13.4. The van der Waals surface area contributed by atoms with Crippen LogP contribution in [-0.2, 0) is 24.8 Å². The van der Waals surface area contributed by atoms with E-state index in [9.17, 15) is 21.6 Å². The van der Waals surface area contributed by atoms with Gasteiger partial charge in [-0.15, -0.1) is 11.3 Å². The van der Waals surface area contributed by atoms with Crippen molar-refractivity contribution < 1.29 is 21.6 Å². The first kappa shape index (κ1) is 26.9. The van der Waals surface area contributed by atoms with E-state index < -0.39 is 32.5 Å². The van der Waals surface area contributed by atoms with E-state index in [2.05, 4.69) is 15.0 Å². The number of nitrogens with one attached hydrogen (secondary N) is 2. The Kier molecular flexibility index (Phi) is 8.05. The Morgan fingerprint density at radius 1 is 0.919 bits per heavy atom. The number of benzene rings is 3. The molecule has 0 aliphatic carbocycles. The summed E-state index contributed by atoms with van der Waals surface area (Å²) in [4.78, 5) is 16.7. The average Bonchev–Trinajstić information content (AvgIpc) is 3.37. The van der Waals surface area contributed by atoms with Crippen LogP contribution in [0.1, 0.15) is 0 Å². The Hall–Kier alpha value is -3.16. The van der Waals surface area contributed by atoms with Gasteiger partial charge in [0, 0.05) is 22.3 Å². The SMILES string of the molecule is O=C(CN(c1cc(Cl)ccc1Cl)S(=O)(=O)c1ccccc1)Nc1ccc(S(=O)(=O)Nc2nccs2)cc1. The third-order valence-corrected chi connectivity index (χ3v) is 9.40. The molecule has 2 N–H and O–H groups in total. The zero-order valence-corrected chi connectivity index (χ0v) is 22.7. The molecule has 37 heavy (non-hydrogen) atoms. The van der Waals surface area contributed by atoms with E-state index in [0.29, 0.717) is 0 Å². The Morgan fingerprint density at radius 2 is 1.62 bits per heavy atom. The highest BCUT2D eigenvalue weighted by Gasteiger charge is 2.29. The number of aromatic nitrogens is 1. The molecule has 14 heteroatoms. The lowest BCUT2D eigenvalue weighted by Crippen LogP contribution is -2.38. The highest BCUT2D eigenvalue weighted by Crippen LogP contribution is 2.33. The van der Waals surface area contributed by atoms with Crippen LogP contribution in [0.25, 0.3) is 0 Å². The number of carbonyl (C=O) groups excluding carboxylic acids is 1. The smallest absolute Gasteiger partial charge is 0.264 e. The lowest BCUT2D eigenvalue weighted by Gasteiger charge is -2.25. The van der Waals surface area contributed by atoms with Crippen LogP contribution in [0.4, 0.5) is 16.5 Å². The number of nitrogens with zero attached hydrogens (tertiary/aromatic N) is 2. The second-order valence-corrected chi connectivity index (χ2v) is 12.7. The number of sulfonamides is 2. The molecule has 4 rings (SSSR count). The first-order valence-electron chi connectivity index (χ1n) is 10.4. The molecule has 0 bridgehead atoms. The van der Waals surface area contributed by atoms with Crippen molar-refractivity contribution in [1.82, 2.24) is 4.98 Å². The minimum absolute atomic E-state index is 0.0304. The number of amides is 1. The van der Waals surface area contributed by atoms with Gasteiger partial charge in [-0.3, -0.25) is 13.8 Å². The molecule has 0 radical (unpaired) electrons. The van der Waals surface area contributed by atoms with Crippen molar-refractivity contribution >= 4 is 77.0 Å². The lowest BCUT2D eigenvalue weighted by molar-refractivity contribution is -0.114. The molecule has 0 fully saturated rings. The van der Waals surface area contributed by atoms with Gasteiger partial charge in [-0.05, 0) is 54.6 Å². The number of hydrogen-bond acceptors (Lipinski definition) is 7. The van der Waals surface area contributed by atoms with Gasteiger partial charge < -0.3 is 5.32 Å². The molecule has 9 nitrogen and oxygen atoms in total. The fourth-order valence-corrected chi connectivity index (χ4v) is 6.87. The minimum Gasteiger partial charge on any atom is -0.325 e. The molecule has 1 amide bonds. The van der Waals surface area contributed by atoms with Gasteiger partial charge in [0.2, 0.25) is 5.91 Å². The molecule has 0 aliphatic rings. The van der Waals surface area contributed by atoms with Crippen molar-refractivity contribution in [3.63, 3.8) is 0 Å². The summed E-state index contributed by atoms with van der Waals surface area (Å²) in [6.45, 7) is -0.622. The largest absolute Gasteiger partial charge is 0.325 e. The van der Waals surface area contributed by atoms with Gasteiger partial charge in [-0.2, -0.15) is 0 Å². The minimum atomic E-state index is -4.19. The first-order valence-corrected chi connectivity index (χ1v) is 15.0. The number of carbonyl (C=O) groups is 1. The van der Waals surface area contributed by atoms with Crippen molar-refractivity contribution in [1.29, 1.82) is 0 Å². The molecular weight excluding hydrogens is 579 g/mol. The van der Waals surface area contributed by atoms with E-state index in [1.54, 1.807) is 23.6 Å². The second-order valence-electron chi connectivity index (χ2n) is 7.44. The van der Waals surface area contributed by atoms with Crippen molar-refractivity contribution in [3.05, 3.63) is 94.4 Å². The maximum absolute atomic E-state index is 13.4. The highest BCUT2D eigenvalue weighted by molar-refractivity contribution is 7.93. The Balaban J connectivity index is 1.56. The van der Waals surface area contributed by atoms with Crippen LogP contribution in [0.2, 0.25) is 10.0 Å².